The molecule has 1 aromatic carbocycles. The number of rotatable bonds is 6. The van der Waals surface area contributed by atoms with Crippen molar-refractivity contribution in [1.29, 1.82) is 0 Å². The van der Waals surface area contributed by atoms with E-state index in [2.05, 4.69) is 61.4 Å². The number of aromatic nitrogens is 2. The van der Waals surface area contributed by atoms with Gasteiger partial charge in [0.25, 0.3) is 0 Å². The Morgan fingerprint density at radius 2 is 1.86 bits per heavy atom. The van der Waals surface area contributed by atoms with E-state index in [1.807, 2.05) is 39.8 Å². The second-order valence-corrected chi connectivity index (χ2v) is 18.9. The Bertz CT molecular complexity index is 1400. The van der Waals surface area contributed by atoms with E-state index in [1.165, 1.54) is 0 Å². The van der Waals surface area contributed by atoms with E-state index in [9.17, 15) is 4.79 Å². The summed E-state index contributed by atoms with van der Waals surface area (Å²) in [6.07, 6.45) is 1.56. The van der Waals surface area contributed by atoms with E-state index in [4.69, 9.17) is 13.9 Å². The van der Waals surface area contributed by atoms with Gasteiger partial charge in [0.1, 0.15) is 17.2 Å². The molecule has 1 aromatic heterocycles. The maximum Gasteiger partial charge on any atom is 0.410 e. The number of halogens is 1. The van der Waals surface area contributed by atoms with Crippen LogP contribution < -0.4 is 15.4 Å². The molecular formula is C32H48FN5O4Si. The normalized spacial score (nSPS) is 19.3. The third-order valence-electron chi connectivity index (χ3n) is 8.28. The molecule has 2 atom stereocenters. The van der Waals surface area contributed by atoms with E-state index >= 15 is 4.39 Å². The van der Waals surface area contributed by atoms with Gasteiger partial charge >= 0.3 is 6.09 Å². The molecule has 0 spiro atoms. The lowest BCUT2D eigenvalue weighted by Crippen LogP contribution is -2.48. The molecule has 0 saturated heterocycles. The van der Waals surface area contributed by atoms with Crippen LogP contribution in [0.3, 0.4) is 0 Å². The highest BCUT2D eigenvalue weighted by atomic mass is 28.4. The summed E-state index contributed by atoms with van der Waals surface area (Å²) >= 11 is 0. The standard InChI is InChI=1S/C32H48FN5O4Si/c1-19-18-40-28-23(19)16-24(36-29-35-20(2)14-25(34-9)37-29)27(33)26(28)21-12-13-38(30(39)41-31(3,4)5)17-22(15-21)42-43(10,11)32(6,7)8/h12,14,16,19,22H,13,15,17-18H2,1-11H3,(H2,34,35,36,37). The molecule has 11 heteroatoms. The van der Waals surface area contributed by atoms with Crippen LogP contribution in [0.25, 0.3) is 5.57 Å². The first kappa shape index (κ1) is 32.7. The average Bonchev–Trinajstić information content (AvgIpc) is 3.10. The summed E-state index contributed by atoms with van der Waals surface area (Å²) in [6.45, 7) is 21.5. The predicted molar refractivity (Wildman–Crippen MR) is 172 cm³/mol. The molecule has 4 rings (SSSR count). The van der Waals surface area contributed by atoms with E-state index < -0.39 is 25.8 Å². The first-order valence-electron chi connectivity index (χ1n) is 15.0. The van der Waals surface area contributed by atoms with Gasteiger partial charge in [0.05, 0.1) is 24.0 Å². The van der Waals surface area contributed by atoms with Gasteiger partial charge in [-0.1, -0.05) is 33.8 Å². The molecule has 0 radical (unpaired) electrons. The van der Waals surface area contributed by atoms with Gasteiger partial charge < -0.3 is 29.4 Å². The van der Waals surface area contributed by atoms with Gasteiger partial charge in [0, 0.05) is 43.4 Å². The molecule has 0 fully saturated rings. The molecule has 2 aliphatic heterocycles. The molecule has 43 heavy (non-hydrogen) atoms. The van der Waals surface area contributed by atoms with Crippen LogP contribution >= 0.6 is 0 Å². The summed E-state index contributed by atoms with van der Waals surface area (Å²) in [5, 5.41) is 6.10. The van der Waals surface area contributed by atoms with E-state index in [1.54, 1.807) is 18.0 Å². The molecule has 236 valence electrons. The number of aryl methyl sites for hydroxylation is 1. The number of hydrogen-bond donors (Lipinski definition) is 2. The largest absolute Gasteiger partial charge is 0.492 e. The lowest BCUT2D eigenvalue weighted by Gasteiger charge is -2.40. The summed E-state index contributed by atoms with van der Waals surface area (Å²) in [5.41, 5.74) is 2.42. The zero-order valence-corrected chi connectivity index (χ0v) is 28.6. The van der Waals surface area contributed by atoms with Gasteiger partial charge in [-0.2, -0.15) is 4.98 Å². The van der Waals surface area contributed by atoms with E-state index in [-0.39, 0.29) is 29.3 Å². The molecular weight excluding hydrogens is 565 g/mol. The Morgan fingerprint density at radius 3 is 2.49 bits per heavy atom. The van der Waals surface area contributed by atoms with Gasteiger partial charge in [0.2, 0.25) is 5.95 Å². The van der Waals surface area contributed by atoms with Crippen LogP contribution in [0.15, 0.2) is 18.2 Å². The minimum Gasteiger partial charge on any atom is -0.492 e. The average molecular weight is 614 g/mol. The molecule has 0 saturated carbocycles. The number of ether oxygens (including phenoxy) is 2. The highest BCUT2D eigenvalue weighted by Gasteiger charge is 2.41. The minimum atomic E-state index is -2.24. The molecule has 9 nitrogen and oxygen atoms in total. The fraction of sp³-hybridized carbons (Fsp3) is 0.594. The molecule has 0 aliphatic carbocycles. The molecule has 2 aromatic rings. The third-order valence-corrected chi connectivity index (χ3v) is 12.8. The summed E-state index contributed by atoms with van der Waals surface area (Å²) in [7, 11) is -0.466. The topological polar surface area (TPSA) is 97.8 Å². The van der Waals surface area contributed by atoms with Crippen LogP contribution in [0.4, 0.5) is 26.6 Å². The van der Waals surface area contributed by atoms with Crippen LogP contribution in [0.1, 0.15) is 77.6 Å². The number of nitrogens with one attached hydrogen (secondary N) is 2. The molecule has 2 unspecified atom stereocenters. The van der Waals surface area contributed by atoms with Gasteiger partial charge in [-0.3, -0.25) is 0 Å². The maximum absolute atomic E-state index is 16.7. The monoisotopic (exact) mass is 613 g/mol. The zero-order chi connectivity index (χ0) is 31.9. The number of fused-ring (bicyclic) bond motifs is 1. The number of benzene rings is 1. The Balaban J connectivity index is 1.80. The SMILES string of the molecule is CNc1cc(C)nc(Nc2cc3c(c(C4=CCN(C(=O)OC(C)(C)C)CC(O[Si](C)(C)C(C)(C)C)C4)c2F)OCC3C)n1. The fourth-order valence-electron chi connectivity index (χ4n) is 5.02. The minimum absolute atomic E-state index is 0.0468. The van der Waals surface area contributed by atoms with Crippen LogP contribution in [0.5, 0.6) is 5.75 Å². The number of carbonyl (C=O) groups is 1. The molecule has 1 amide bonds. The van der Waals surface area contributed by atoms with Crippen molar-refractivity contribution in [2.24, 2.45) is 0 Å². The number of carbonyl (C=O) groups excluding carboxylic acids is 1. The summed E-state index contributed by atoms with van der Waals surface area (Å²) in [5.74, 6) is 1.09. The highest BCUT2D eigenvalue weighted by Crippen LogP contribution is 2.46. The Kier molecular flexibility index (Phi) is 9.19. The summed E-state index contributed by atoms with van der Waals surface area (Å²) < 4.78 is 35.4. The van der Waals surface area contributed by atoms with E-state index in [0.717, 1.165) is 16.8 Å². The van der Waals surface area contributed by atoms with Crippen LogP contribution in [0, 0.1) is 12.7 Å². The van der Waals surface area contributed by atoms with Crippen molar-refractivity contribution in [3.8, 4) is 5.75 Å². The van der Waals surface area contributed by atoms with Crippen molar-refractivity contribution in [3.05, 3.63) is 40.8 Å². The van der Waals surface area contributed by atoms with Crippen molar-refractivity contribution in [3.63, 3.8) is 0 Å². The van der Waals surface area contributed by atoms with Crippen molar-refractivity contribution in [2.75, 3.05) is 37.4 Å². The second-order valence-electron chi connectivity index (χ2n) is 14.2. The summed E-state index contributed by atoms with van der Waals surface area (Å²) in [6, 6.07) is 3.62. The quantitative estimate of drug-likeness (QED) is 0.321. The van der Waals surface area contributed by atoms with Crippen molar-refractivity contribution in [2.45, 2.75) is 97.6 Å². The molecule has 0 bridgehead atoms. The van der Waals surface area contributed by atoms with Gasteiger partial charge in [-0.15, -0.1) is 0 Å². The fourth-order valence-corrected chi connectivity index (χ4v) is 6.36. The first-order chi connectivity index (χ1) is 19.9. The second kappa shape index (κ2) is 12.1. The molecule has 3 heterocycles. The molecule has 2 aliphatic rings. The summed E-state index contributed by atoms with van der Waals surface area (Å²) in [4.78, 5) is 23.9. The number of nitrogens with zero attached hydrogens (tertiary/aromatic N) is 3. The van der Waals surface area contributed by atoms with Crippen molar-refractivity contribution in [1.82, 2.24) is 14.9 Å². The van der Waals surface area contributed by atoms with Crippen LogP contribution in [-0.2, 0) is 9.16 Å². The van der Waals surface area contributed by atoms with Crippen LogP contribution in [-0.4, -0.2) is 67.7 Å². The number of amides is 1. The third kappa shape index (κ3) is 7.49. The number of hydrogen-bond acceptors (Lipinski definition) is 8. The van der Waals surface area contributed by atoms with E-state index in [0.29, 0.717) is 42.7 Å². The maximum atomic E-state index is 16.7. The van der Waals surface area contributed by atoms with Crippen molar-refractivity contribution < 1.29 is 23.1 Å². The zero-order valence-electron chi connectivity index (χ0n) is 27.6. The Hall–Kier alpha value is -3.18. The van der Waals surface area contributed by atoms with Gasteiger partial charge in [-0.25, -0.2) is 14.2 Å². The highest BCUT2D eigenvalue weighted by molar-refractivity contribution is 6.74. The first-order valence-corrected chi connectivity index (χ1v) is 17.9. The smallest absolute Gasteiger partial charge is 0.410 e. The lowest BCUT2D eigenvalue weighted by molar-refractivity contribution is 0.0196. The lowest BCUT2D eigenvalue weighted by atomic mass is 9.92. The predicted octanol–water partition coefficient (Wildman–Crippen LogP) is 7.62. The van der Waals surface area contributed by atoms with Crippen LogP contribution in [0.2, 0.25) is 18.1 Å². The molecule has 2 N–H and O–H groups in total. The van der Waals surface area contributed by atoms with Gasteiger partial charge in [0.15, 0.2) is 14.1 Å². The Morgan fingerprint density at radius 1 is 1.16 bits per heavy atom. The Labute approximate surface area is 256 Å². The van der Waals surface area contributed by atoms with Gasteiger partial charge in [-0.05, 0) is 63.9 Å². The van der Waals surface area contributed by atoms with Crippen molar-refractivity contribution >= 4 is 37.4 Å². The number of anilines is 3.